The molecule has 2 heterocycles. The molecule has 0 bridgehead atoms. The molecule has 3 N–H and O–H groups in total. The molecule has 1 aliphatic rings. The van der Waals surface area contributed by atoms with E-state index in [2.05, 4.69) is 5.09 Å². The molecule has 15 heteroatoms. The summed E-state index contributed by atoms with van der Waals surface area (Å²) in [4.78, 5) is 37.6. The molecule has 0 radical (unpaired) electrons. The van der Waals surface area contributed by atoms with Crippen molar-refractivity contribution in [3.63, 3.8) is 0 Å². The van der Waals surface area contributed by atoms with Crippen LogP contribution in [0.15, 0.2) is 46.1 Å². The summed E-state index contributed by atoms with van der Waals surface area (Å²) in [6, 6.07) is 6.67. The van der Waals surface area contributed by atoms with Gasteiger partial charge in [-0.05, 0) is 46.8 Å². The minimum Gasteiger partial charge on any atom is -0.462 e. The Kier molecular flexibility index (Phi) is 8.94. The van der Waals surface area contributed by atoms with Crippen molar-refractivity contribution in [1.29, 1.82) is 0 Å². The first-order valence-corrected chi connectivity index (χ1v) is 13.2. The predicted octanol–water partition coefficient (Wildman–Crippen LogP) is 2.18. The number of carbonyl (C=O) groups is 1. The molecule has 38 heavy (non-hydrogen) atoms. The fourth-order valence-corrected chi connectivity index (χ4v) is 5.46. The molecule has 1 fully saturated rings. The monoisotopic (exact) mass is 561 g/mol. The zero-order chi connectivity index (χ0) is 28.4. The Balaban J connectivity index is 1.88. The number of benzene rings is 1. The number of aliphatic hydroxyl groups is 1. The van der Waals surface area contributed by atoms with E-state index >= 15 is 4.39 Å². The number of H-pyrrole nitrogens is 1. The highest BCUT2D eigenvalue weighted by Gasteiger charge is 2.58. The molecule has 210 valence electrons. The number of ether oxygens (including phenoxy) is 2. The van der Waals surface area contributed by atoms with E-state index in [0.29, 0.717) is 10.8 Å². The van der Waals surface area contributed by atoms with Crippen molar-refractivity contribution in [2.75, 3.05) is 0 Å². The van der Waals surface area contributed by atoms with E-state index in [1.807, 2.05) is 0 Å². The van der Waals surface area contributed by atoms with Crippen LogP contribution in [-0.2, 0) is 23.4 Å². The largest absolute Gasteiger partial charge is 0.462 e. The number of rotatable bonds is 10. The molecule has 1 aliphatic heterocycles. The van der Waals surface area contributed by atoms with E-state index in [1.165, 1.54) is 26.0 Å². The van der Waals surface area contributed by atoms with E-state index in [1.54, 1.807) is 37.0 Å². The first-order valence-electron chi connectivity index (χ1n) is 11.7. The van der Waals surface area contributed by atoms with E-state index in [9.17, 15) is 28.4 Å². The normalized spacial score (nSPS) is 26.5. The molecule has 2 aromatic rings. The van der Waals surface area contributed by atoms with Crippen LogP contribution in [0.4, 0.5) is 8.78 Å². The number of nitrogens with one attached hydrogen (secondary N) is 2. The average Bonchev–Trinajstić information content (AvgIpc) is 3.05. The summed E-state index contributed by atoms with van der Waals surface area (Å²) in [6.45, 7) is 6.83. The third kappa shape index (κ3) is 6.56. The molecule has 1 saturated heterocycles. The number of hydrogen-bond acceptors (Lipinski definition) is 9. The molecule has 1 unspecified atom stereocenters. The summed E-state index contributed by atoms with van der Waals surface area (Å²) in [7, 11) is -4.43. The van der Waals surface area contributed by atoms with Gasteiger partial charge in [0.05, 0.1) is 18.4 Å². The maximum atomic E-state index is 15.6. The lowest BCUT2D eigenvalue weighted by molar-refractivity contribution is -0.149. The number of aromatic nitrogens is 2. The van der Waals surface area contributed by atoms with Gasteiger partial charge in [0.15, 0.2) is 11.9 Å². The summed E-state index contributed by atoms with van der Waals surface area (Å²) in [5, 5.41) is 13.2. The summed E-state index contributed by atoms with van der Waals surface area (Å²) in [5.74, 6) is -2.02. The second kappa shape index (κ2) is 11.5. The summed E-state index contributed by atoms with van der Waals surface area (Å²) >= 11 is 0. The van der Waals surface area contributed by atoms with Gasteiger partial charge in [-0.1, -0.05) is 18.2 Å². The van der Waals surface area contributed by atoms with Crippen LogP contribution in [0.25, 0.3) is 0 Å². The molecule has 0 amide bonds. The number of para-hydroxylation sites is 1. The minimum absolute atomic E-state index is 0.108. The third-order valence-electron chi connectivity index (χ3n) is 5.63. The fraction of sp³-hybridized carbons (Fsp3) is 0.522. The summed E-state index contributed by atoms with van der Waals surface area (Å²) < 4.78 is 65.5. The van der Waals surface area contributed by atoms with E-state index < -0.39 is 73.1 Å². The van der Waals surface area contributed by atoms with E-state index in [4.69, 9.17) is 18.5 Å². The van der Waals surface area contributed by atoms with Crippen LogP contribution in [0.1, 0.15) is 40.8 Å². The Morgan fingerprint density at radius 3 is 2.47 bits per heavy atom. The number of aliphatic hydroxyl groups excluding tert-OH is 1. The zero-order valence-electron chi connectivity index (χ0n) is 21.3. The van der Waals surface area contributed by atoms with Crippen LogP contribution in [0, 0.1) is 5.82 Å². The first kappa shape index (κ1) is 29.7. The van der Waals surface area contributed by atoms with Crippen molar-refractivity contribution in [1.82, 2.24) is 14.6 Å². The maximum absolute atomic E-state index is 15.6. The van der Waals surface area contributed by atoms with Crippen LogP contribution >= 0.6 is 7.75 Å². The first-order chi connectivity index (χ1) is 17.6. The number of esters is 1. The van der Waals surface area contributed by atoms with Crippen LogP contribution in [0.2, 0.25) is 0 Å². The molecule has 7 atom stereocenters. The molecular formula is C23H30F2N3O9P. The number of alkyl halides is 1. The number of carbonyl (C=O) groups excluding carboxylic acids is 1. The number of halogens is 2. The van der Waals surface area contributed by atoms with Crippen LogP contribution < -0.4 is 20.9 Å². The maximum Gasteiger partial charge on any atom is 0.459 e. The molecule has 12 nitrogen and oxygen atoms in total. The van der Waals surface area contributed by atoms with Gasteiger partial charge in [0.25, 0.3) is 5.56 Å². The highest BCUT2D eigenvalue weighted by Crippen LogP contribution is 2.49. The fourth-order valence-electron chi connectivity index (χ4n) is 3.76. The molecular weight excluding hydrogens is 531 g/mol. The predicted molar refractivity (Wildman–Crippen MR) is 130 cm³/mol. The van der Waals surface area contributed by atoms with Crippen LogP contribution in [0.3, 0.4) is 0 Å². The number of aromatic amines is 1. The second-order valence-electron chi connectivity index (χ2n) is 9.24. The third-order valence-corrected chi connectivity index (χ3v) is 7.39. The van der Waals surface area contributed by atoms with Crippen molar-refractivity contribution < 1.29 is 41.8 Å². The zero-order valence-corrected chi connectivity index (χ0v) is 22.2. The SMILES string of the molecule is CC(C)OC(=O)[C@H](C)N[P@](=O)(Oc1ccccc1)O[C@H](C)[C@H]1O[C@@H](n2cc(F)c(=O)[nH]c2=O)[C@](C)(F)C1O. The Bertz CT molecular complexity index is 1300. The molecule has 0 saturated carbocycles. The Labute approximate surface area is 216 Å². The smallest absolute Gasteiger partial charge is 0.459 e. The van der Waals surface area contributed by atoms with Gasteiger partial charge in [0.2, 0.25) is 5.82 Å². The van der Waals surface area contributed by atoms with Gasteiger partial charge < -0.3 is 19.1 Å². The van der Waals surface area contributed by atoms with Gasteiger partial charge in [0.1, 0.15) is 24.0 Å². The van der Waals surface area contributed by atoms with Crippen molar-refractivity contribution in [3.8, 4) is 5.75 Å². The van der Waals surface area contributed by atoms with Gasteiger partial charge in [-0.25, -0.2) is 13.8 Å². The summed E-state index contributed by atoms with van der Waals surface area (Å²) in [6.07, 6.45) is -6.76. The highest BCUT2D eigenvalue weighted by molar-refractivity contribution is 7.52. The molecule has 1 aromatic carbocycles. The Hall–Kier alpha value is -2.90. The summed E-state index contributed by atoms with van der Waals surface area (Å²) in [5.41, 5.74) is -5.17. The Morgan fingerprint density at radius 1 is 1.24 bits per heavy atom. The number of nitrogens with zero attached hydrogens (tertiary/aromatic N) is 1. The highest BCUT2D eigenvalue weighted by atomic mass is 31.2. The molecule has 3 rings (SSSR count). The molecule has 1 aromatic heterocycles. The topological polar surface area (TPSA) is 158 Å². The quantitative estimate of drug-likeness (QED) is 0.290. The Morgan fingerprint density at radius 2 is 1.87 bits per heavy atom. The van der Waals surface area contributed by atoms with Gasteiger partial charge in [-0.15, -0.1) is 0 Å². The van der Waals surface area contributed by atoms with Crippen molar-refractivity contribution in [3.05, 3.63) is 63.2 Å². The van der Waals surface area contributed by atoms with E-state index in [-0.39, 0.29) is 5.75 Å². The number of hydrogen-bond donors (Lipinski definition) is 3. The van der Waals surface area contributed by atoms with E-state index in [0.717, 1.165) is 6.92 Å². The van der Waals surface area contributed by atoms with Gasteiger partial charge in [-0.2, -0.15) is 9.48 Å². The van der Waals surface area contributed by atoms with Gasteiger partial charge in [-0.3, -0.25) is 23.7 Å². The van der Waals surface area contributed by atoms with Crippen LogP contribution in [0.5, 0.6) is 5.75 Å². The van der Waals surface area contributed by atoms with Crippen molar-refractivity contribution in [2.45, 2.75) is 77.0 Å². The van der Waals surface area contributed by atoms with Crippen molar-refractivity contribution >= 4 is 13.7 Å². The average molecular weight is 561 g/mol. The lowest BCUT2D eigenvalue weighted by atomic mass is 9.96. The van der Waals surface area contributed by atoms with Crippen LogP contribution in [-0.4, -0.2) is 56.8 Å². The lowest BCUT2D eigenvalue weighted by Crippen LogP contribution is -2.45. The van der Waals surface area contributed by atoms with Gasteiger partial charge in [0, 0.05) is 0 Å². The van der Waals surface area contributed by atoms with Crippen molar-refractivity contribution in [2.24, 2.45) is 0 Å². The van der Waals surface area contributed by atoms with Gasteiger partial charge >= 0.3 is 19.4 Å². The standard InChI is InChI=1S/C23H30F2N3O9P/c1-12(2)34-20(31)13(3)27-38(33,37-15-9-7-6-8-10-15)36-14(4)17-18(29)23(5,25)21(35-17)28-11-16(24)19(30)26-22(28)32/h6-14,17-18,21,29H,1-5H3,(H,27,33)(H,26,30,32)/t13-,14+,17+,18?,21+,23+,38+/m0/s1. The molecule has 0 spiro atoms. The molecule has 0 aliphatic carbocycles. The minimum atomic E-state index is -4.43. The lowest BCUT2D eigenvalue weighted by Gasteiger charge is -2.29. The second-order valence-corrected chi connectivity index (χ2v) is 10.9.